The zero-order valence-corrected chi connectivity index (χ0v) is 7.48. The van der Waals surface area contributed by atoms with Crippen LogP contribution in [0.15, 0.2) is 24.5 Å². The van der Waals surface area contributed by atoms with E-state index >= 15 is 0 Å². The first kappa shape index (κ1) is 8.66. The molecule has 0 spiro atoms. The van der Waals surface area contributed by atoms with E-state index in [2.05, 4.69) is 10.3 Å². The van der Waals surface area contributed by atoms with E-state index in [1.807, 2.05) is 12.1 Å². The number of aliphatic hydroxyl groups is 1. The molecule has 0 aliphatic carbocycles. The molecule has 3 nitrogen and oxygen atoms in total. The second kappa shape index (κ2) is 3.44. The quantitative estimate of drug-likeness (QED) is 0.685. The molecule has 1 N–H and O–H groups in total. The van der Waals surface area contributed by atoms with Crippen LogP contribution < -0.4 is 5.32 Å². The van der Waals surface area contributed by atoms with Crippen molar-refractivity contribution in [3.05, 3.63) is 30.1 Å². The van der Waals surface area contributed by atoms with Gasteiger partial charge in [-0.3, -0.25) is 4.98 Å². The third-order valence-electron chi connectivity index (χ3n) is 2.57. The second-order valence-corrected chi connectivity index (χ2v) is 3.44. The highest BCUT2D eigenvalue weighted by Crippen LogP contribution is 2.29. The maximum absolute atomic E-state index is 10.2. The SMILES string of the molecule is OC1(c2cccnc2)CC[N]CC1. The number of pyridine rings is 1. The van der Waals surface area contributed by atoms with Crippen LogP contribution >= 0.6 is 0 Å². The molecular formula is C10H13N2O. The molecule has 69 valence electrons. The Morgan fingerprint density at radius 1 is 1.31 bits per heavy atom. The molecule has 13 heavy (non-hydrogen) atoms. The summed E-state index contributed by atoms with van der Waals surface area (Å²) in [5.74, 6) is 0. The van der Waals surface area contributed by atoms with E-state index in [9.17, 15) is 5.11 Å². The fraction of sp³-hybridized carbons (Fsp3) is 0.500. The highest BCUT2D eigenvalue weighted by molar-refractivity contribution is 5.18. The number of hydrogen-bond acceptors (Lipinski definition) is 2. The van der Waals surface area contributed by atoms with E-state index in [1.165, 1.54) is 0 Å². The van der Waals surface area contributed by atoms with Crippen molar-refractivity contribution in [1.29, 1.82) is 0 Å². The van der Waals surface area contributed by atoms with Gasteiger partial charge in [-0.2, -0.15) is 0 Å². The molecule has 0 atom stereocenters. The fourth-order valence-corrected chi connectivity index (χ4v) is 1.69. The Bertz CT molecular complexity index is 268. The van der Waals surface area contributed by atoms with Crippen LogP contribution in [0.1, 0.15) is 18.4 Å². The molecule has 1 aliphatic rings. The highest BCUT2D eigenvalue weighted by atomic mass is 16.3. The van der Waals surface area contributed by atoms with Gasteiger partial charge in [-0.1, -0.05) is 6.07 Å². The molecule has 1 saturated heterocycles. The Kier molecular flexibility index (Phi) is 2.29. The van der Waals surface area contributed by atoms with Crippen LogP contribution in [0.5, 0.6) is 0 Å². The smallest absolute Gasteiger partial charge is 0.0936 e. The van der Waals surface area contributed by atoms with Crippen molar-refractivity contribution >= 4 is 0 Å². The molecule has 3 heteroatoms. The van der Waals surface area contributed by atoms with Gasteiger partial charge in [0, 0.05) is 31.0 Å². The molecule has 0 bridgehead atoms. The van der Waals surface area contributed by atoms with Gasteiger partial charge in [-0.25, -0.2) is 5.32 Å². The molecule has 1 aromatic heterocycles. The Morgan fingerprint density at radius 3 is 2.69 bits per heavy atom. The van der Waals surface area contributed by atoms with E-state index in [4.69, 9.17) is 0 Å². The van der Waals surface area contributed by atoms with E-state index < -0.39 is 5.60 Å². The normalized spacial score (nSPS) is 21.3. The predicted molar refractivity (Wildman–Crippen MR) is 49.2 cm³/mol. The van der Waals surface area contributed by atoms with E-state index in [0.29, 0.717) is 0 Å². The van der Waals surface area contributed by atoms with Gasteiger partial charge in [0.05, 0.1) is 5.60 Å². The largest absolute Gasteiger partial charge is 0.385 e. The summed E-state index contributed by atoms with van der Waals surface area (Å²) >= 11 is 0. The van der Waals surface area contributed by atoms with Crippen LogP contribution in [-0.4, -0.2) is 23.2 Å². The molecule has 0 aromatic carbocycles. The average Bonchev–Trinajstić information content (AvgIpc) is 2.20. The van der Waals surface area contributed by atoms with Gasteiger partial charge in [-0.15, -0.1) is 0 Å². The topological polar surface area (TPSA) is 47.2 Å². The molecule has 0 unspecified atom stereocenters. The summed E-state index contributed by atoms with van der Waals surface area (Å²) in [4.78, 5) is 4.01. The lowest BCUT2D eigenvalue weighted by molar-refractivity contribution is 0.00484. The number of aromatic nitrogens is 1. The summed E-state index contributed by atoms with van der Waals surface area (Å²) in [5.41, 5.74) is 0.237. The number of piperidine rings is 1. The summed E-state index contributed by atoms with van der Waals surface area (Å²) < 4.78 is 0. The maximum Gasteiger partial charge on any atom is 0.0936 e. The van der Waals surface area contributed by atoms with Crippen LogP contribution in [0.3, 0.4) is 0 Å². The predicted octanol–water partition coefficient (Wildman–Crippen LogP) is 0.667. The molecule has 1 aliphatic heterocycles. The summed E-state index contributed by atoms with van der Waals surface area (Å²) in [5, 5.41) is 14.5. The number of rotatable bonds is 1. The summed E-state index contributed by atoms with van der Waals surface area (Å²) in [7, 11) is 0. The van der Waals surface area contributed by atoms with Crippen LogP contribution in [0, 0.1) is 0 Å². The minimum atomic E-state index is -0.685. The Hall–Kier alpha value is -0.930. The van der Waals surface area contributed by atoms with Crippen molar-refractivity contribution in [3.8, 4) is 0 Å². The van der Waals surface area contributed by atoms with Gasteiger partial charge in [0.2, 0.25) is 0 Å². The molecular weight excluding hydrogens is 164 g/mol. The molecule has 0 amide bonds. The van der Waals surface area contributed by atoms with Crippen LogP contribution in [0.2, 0.25) is 0 Å². The number of hydrogen-bond donors (Lipinski definition) is 1. The minimum absolute atomic E-state index is 0.685. The zero-order valence-electron chi connectivity index (χ0n) is 7.48. The number of nitrogens with zero attached hydrogens (tertiary/aromatic N) is 2. The Labute approximate surface area is 77.8 Å². The third-order valence-corrected chi connectivity index (χ3v) is 2.57. The summed E-state index contributed by atoms with van der Waals surface area (Å²) in [6.07, 6.45) is 4.91. The van der Waals surface area contributed by atoms with Gasteiger partial charge in [-0.05, 0) is 18.9 Å². The first-order chi connectivity index (χ1) is 6.31. The maximum atomic E-state index is 10.2. The van der Waals surface area contributed by atoms with Crippen LogP contribution in [0.25, 0.3) is 0 Å². The zero-order chi connectivity index (χ0) is 9.15. The van der Waals surface area contributed by atoms with Crippen LogP contribution in [-0.2, 0) is 5.60 Å². The minimum Gasteiger partial charge on any atom is -0.385 e. The standard InChI is InChI=1S/C10H13N2O/c13-10(3-6-11-7-4-10)9-2-1-5-12-8-9/h1-2,5,8,13H,3-4,6-7H2. The Morgan fingerprint density at radius 2 is 2.08 bits per heavy atom. The average molecular weight is 177 g/mol. The molecule has 2 rings (SSSR count). The van der Waals surface area contributed by atoms with Crippen molar-refractivity contribution in [2.45, 2.75) is 18.4 Å². The molecule has 0 saturated carbocycles. The van der Waals surface area contributed by atoms with Gasteiger partial charge in [0.25, 0.3) is 0 Å². The third kappa shape index (κ3) is 1.71. The lowest BCUT2D eigenvalue weighted by atomic mass is 9.86. The summed E-state index contributed by atoms with van der Waals surface area (Å²) in [6, 6.07) is 3.79. The Balaban J connectivity index is 2.23. The van der Waals surface area contributed by atoms with Crippen molar-refractivity contribution in [2.24, 2.45) is 0 Å². The van der Waals surface area contributed by atoms with Crippen molar-refractivity contribution < 1.29 is 5.11 Å². The second-order valence-electron chi connectivity index (χ2n) is 3.44. The van der Waals surface area contributed by atoms with E-state index in [-0.39, 0.29) is 0 Å². The van der Waals surface area contributed by atoms with Crippen LogP contribution in [0.4, 0.5) is 0 Å². The summed E-state index contributed by atoms with van der Waals surface area (Å²) in [6.45, 7) is 1.51. The van der Waals surface area contributed by atoms with E-state index in [0.717, 1.165) is 31.5 Å². The van der Waals surface area contributed by atoms with Crippen molar-refractivity contribution in [3.63, 3.8) is 0 Å². The van der Waals surface area contributed by atoms with Crippen molar-refractivity contribution in [2.75, 3.05) is 13.1 Å². The monoisotopic (exact) mass is 177 g/mol. The molecule has 1 aromatic rings. The van der Waals surface area contributed by atoms with E-state index in [1.54, 1.807) is 12.4 Å². The molecule has 2 heterocycles. The van der Waals surface area contributed by atoms with Gasteiger partial charge < -0.3 is 5.11 Å². The van der Waals surface area contributed by atoms with Gasteiger partial charge in [0.1, 0.15) is 0 Å². The highest BCUT2D eigenvalue weighted by Gasteiger charge is 2.31. The van der Waals surface area contributed by atoms with Crippen molar-refractivity contribution in [1.82, 2.24) is 10.3 Å². The lowest BCUT2D eigenvalue weighted by Gasteiger charge is -2.31. The molecule has 1 radical (unpaired) electrons. The molecule has 1 fully saturated rings. The fourth-order valence-electron chi connectivity index (χ4n) is 1.69. The lowest BCUT2D eigenvalue weighted by Crippen LogP contribution is -2.36. The van der Waals surface area contributed by atoms with Gasteiger partial charge in [0.15, 0.2) is 0 Å². The first-order valence-electron chi connectivity index (χ1n) is 4.57. The van der Waals surface area contributed by atoms with Gasteiger partial charge >= 0.3 is 0 Å². The first-order valence-corrected chi connectivity index (χ1v) is 4.57.